The molecule has 3 rings (SSSR count). The van der Waals surface area contributed by atoms with Gasteiger partial charge in [0.2, 0.25) is 11.5 Å². The first-order valence-electron chi connectivity index (χ1n) is 8.28. The minimum atomic E-state index is -5.16. The van der Waals surface area contributed by atoms with E-state index in [1.165, 1.54) is 13.0 Å². The molecule has 6 nitrogen and oxygen atoms in total. The molecule has 0 bridgehead atoms. The molecule has 0 saturated carbocycles. The van der Waals surface area contributed by atoms with Gasteiger partial charge < -0.3 is 21.3 Å². The molecule has 5 N–H and O–H groups in total. The molecular formula is C18H16ClF4N3O3. The van der Waals surface area contributed by atoms with Gasteiger partial charge in [0.1, 0.15) is 29.3 Å². The van der Waals surface area contributed by atoms with E-state index in [1.807, 2.05) is 0 Å². The van der Waals surface area contributed by atoms with E-state index in [-0.39, 0.29) is 34.2 Å². The Morgan fingerprint density at radius 1 is 1.38 bits per heavy atom. The van der Waals surface area contributed by atoms with Gasteiger partial charge in [0.15, 0.2) is 0 Å². The van der Waals surface area contributed by atoms with E-state index in [1.54, 1.807) is 0 Å². The lowest BCUT2D eigenvalue weighted by Gasteiger charge is -2.30. The van der Waals surface area contributed by atoms with Gasteiger partial charge in [0.05, 0.1) is 10.7 Å². The smallest absolute Gasteiger partial charge is 0.424 e. The van der Waals surface area contributed by atoms with Gasteiger partial charge in [-0.05, 0) is 31.2 Å². The summed E-state index contributed by atoms with van der Waals surface area (Å²) in [7, 11) is 0. The molecule has 1 aromatic heterocycles. The van der Waals surface area contributed by atoms with Crippen LogP contribution in [-0.2, 0) is 15.8 Å². The minimum absolute atomic E-state index is 0.00146. The van der Waals surface area contributed by atoms with Crippen molar-refractivity contribution in [3.8, 4) is 17.0 Å². The number of fused-ring (bicyclic) bond motifs is 1. The number of nitrogens with two attached hydrogens (primary N) is 2. The largest absolute Gasteiger partial charge is 0.489 e. The van der Waals surface area contributed by atoms with Crippen molar-refractivity contribution in [2.75, 3.05) is 13.2 Å². The number of ether oxygens (including phenoxy) is 1. The Bertz CT molecular complexity index is 1000. The lowest BCUT2D eigenvalue weighted by molar-refractivity contribution is -0.263. The van der Waals surface area contributed by atoms with Crippen molar-refractivity contribution >= 4 is 17.5 Å². The van der Waals surface area contributed by atoms with Crippen LogP contribution in [0.2, 0.25) is 5.02 Å². The number of carbonyl (C=O) groups excluding carboxylic acids is 1. The summed E-state index contributed by atoms with van der Waals surface area (Å²) in [6.07, 6.45) is -5.16. The molecule has 1 aromatic carbocycles. The summed E-state index contributed by atoms with van der Waals surface area (Å²) in [6, 6.07) is 4.27. The number of aromatic nitrogens is 1. The summed E-state index contributed by atoms with van der Waals surface area (Å²) in [5, 5.41) is 9.98. The van der Waals surface area contributed by atoms with Crippen molar-refractivity contribution in [2.24, 2.45) is 11.5 Å². The number of primary amides is 1. The van der Waals surface area contributed by atoms with Gasteiger partial charge >= 0.3 is 6.18 Å². The van der Waals surface area contributed by atoms with Crippen LogP contribution in [0.15, 0.2) is 24.3 Å². The molecule has 0 fully saturated rings. The Morgan fingerprint density at radius 3 is 2.55 bits per heavy atom. The highest BCUT2D eigenvalue weighted by atomic mass is 35.5. The Labute approximate surface area is 167 Å². The summed E-state index contributed by atoms with van der Waals surface area (Å²) >= 11 is 5.78. The average molecular weight is 434 g/mol. The van der Waals surface area contributed by atoms with E-state index < -0.39 is 41.2 Å². The van der Waals surface area contributed by atoms with Crippen molar-refractivity contribution in [1.29, 1.82) is 0 Å². The van der Waals surface area contributed by atoms with E-state index >= 15 is 0 Å². The number of pyridine rings is 1. The zero-order valence-electron chi connectivity index (χ0n) is 15.0. The zero-order chi connectivity index (χ0) is 21.8. The van der Waals surface area contributed by atoms with Crippen LogP contribution in [0, 0.1) is 5.82 Å². The third-order valence-electron chi connectivity index (χ3n) is 5.00. The van der Waals surface area contributed by atoms with Gasteiger partial charge in [-0.3, -0.25) is 4.79 Å². The van der Waals surface area contributed by atoms with E-state index in [4.69, 9.17) is 27.8 Å². The molecule has 2 atom stereocenters. The van der Waals surface area contributed by atoms with Crippen molar-refractivity contribution < 1.29 is 32.2 Å². The molecule has 0 radical (unpaired) electrons. The van der Waals surface area contributed by atoms with E-state index in [9.17, 15) is 27.5 Å². The number of rotatable bonds is 4. The van der Waals surface area contributed by atoms with Crippen molar-refractivity contribution in [3.63, 3.8) is 0 Å². The molecule has 0 aliphatic carbocycles. The van der Waals surface area contributed by atoms with Gasteiger partial charge in [-0.15, -0.1) is 0 Å². The highest BCUT2D eigenvalue weighted by molar-refractivity contribution is 6.31. The first kappa shape index (κ1) is 21.3. The highest BCUT2D eigenvalue weighted by Gasteiger charge is 2.56. The number of hydrogen-bond donors (Lipinski definition) is 3. The predicted molar refractivity (Wildman–Crippen MR) is 95.7 cm³/mol. The molecule has 11 heteroatoms. The first-order valence-corrected chi connectivity index (χ1v) is 8.66. The molecule has 1 amide bonds. The second kappa shape index (κ2) is 6.82. The number of amides is 1. The molecule has 0 saturated heterocycles. The lowest BCUT2D eigenvalue weighted by Crippen LogP contribution is -2.49. The van der Waals surface area contributed by atoms with E-state index in [2.05, 4.69) is 4.98 Å². The number of alkyl halides is 3. The zero-order valence-corrected chi connectivity index (χ0v) is 15.7. The Balaban J connectivity index is 2.36. The van der Waals surface area contributed by atoms with Crippen molar-refractivity contribution in [1.82, 2.24) is 4.98 Å². The fraction of sp³-hybridized carbons (Fsp3) is 0.333. The fourth-order valence-corrected chi connectivity index (χ4v) is 3.18. The van der Waals surface area contributed by atoms with Crippen LogP contribution in [0.25, 0.3) is 11.3 Å². The van der Waals surface area contributed by atoms with Crippen molar-refractivity contribution in [2.45, 2.75) is 24.1 Å². The molecule has 1 aliphatic heterocycles. The van der Waals surface area contributed by atoms with Gasteiger partial charge in [0.25, 0.3) is 0 Å². The Hall–Kier alpha value is -2.43. The van der Waals surface area contributed by atoms with Gasteiger partial charge in [-0.1, -0.05) is 11.6 Å². The Kier molecular flexibility index (Phi) is 5.01. The predicted octanol–water partition coefficient (Wildman–Crippen LogP) is 2.39. The summed E-state index contributed by atoms with van der Waals surface area (Å²) in [6.45, 7) is -0.0840. The van der Waals surface area contributed by atoms with Gasteiger partial charge in [-0.25, -0.2) is 9.37 Å². The topological polar surface area (TPSA) is 111 Å². The van der Waals surface area contributed by atoms with Crippen molar-refractivity contribution in [3.05, 3.63) is 46.4 Å². The third-order valence-corrected chi connectivity index (χ3v) is 5.29. The standard InChI is InChI=1S/C18H16ClF4N3O3/c1-16(15(25)27)7-29-14-9(16)5-12(17(28,6-24)18(21,22)23)26-13(14)8-2-3-11(20)10(19)4-8/h2-5,28H,6-7,24H2,1H3,(H2,25,27)/t16-,17?/m0/s1. The number of halogens is 5. The van der Waals surface area contributed by atoms with Crippen LogP contribution >= 0.6 is 11.6 Å². The quantitative estimate of drug-likeness (QED) is 0.641. The molecule has 1 unspecified atom stereocenters. The van der Waals surface area contributed by atoms with Crippen LogP contribution in [0.5, 0.6) is 5.75 Å². The summed E-state index contributed by atoms with van der Waals surface area (Å²) in [5.41, 5.74) is 4.79. The molecule has 1 aliphatic rings. The minimum Gasteiger partial charge on any atom is -0.489 e. The number of carbonyl (C=O) groups is 1. The number of benzene rings is 1. The molecule has 0 spiro atoms. The van der Waals surface area contributed by atoms with Gasteiger partial charge in [-0.2, -0.15) is 13.2 Å². The maximum absolute atomic E-state index is 13.6. The van der Waals surface area contributed by atoms with Crippen LogP contribution < -0.4 is 16.2 Å². The van der Waals surface area contributed by atoms with Crippen LogP contribution in [-0.4, -0.2) is 35.3 Å². The van der Waals surface area contributed by atoms with E-state index in [0.29, 0.717) is 0 Å². The maximum Gasteiger partial charge on any atom is 0.424 e. The Morgan fingerprint density at radius 2 is 2.03 bits per heavy atom. The fourth-order valence-electron chi connectivity index (χ4n) is 3.00. The average Bonchev–Trinajstić information content (AvgIpc) is 3.00. The van der Waals surface area contributed by atoms with Gasteiger partial charge in [0, 0.05) is 17.7 Å². The summed E-state index contributed by atoms with van der Waals surface area (Å²) in [5.74, 6) is -1.61. The third kappa shape index (κ3) is 3.21. The SMILES string of the molecule is C[C@]1(C(N)=O)COc2c1cc(C(O)(CN)C(F)(F)F)nc2-c1ccc(F)c(Cl)c1. The summed E-state index contributed by atoms with van der Waals surface area (Å²) in [4.78, 5) is 15.9. The first-order chi connectivity index (χ1) is 13.3. The lowest BCUT2D eigenvalue weighted by atomic mass is 9.82. The highest BCUT2D eigenvalue weighted by Crippen LogP contribution is 2.47. The molecular weight excluding hydrogens is 418 g/mol. The second-order valence-corrected chi connectivity index (χ2v) is 7.32. The maximum atomic E-state index is 13.6. The molecule has 2 aromatic rings. The number of aliphatic hydroxyl groups is 1. The molecule has 29 heavy (non-hydrogen) atoms. The monoisotopic (exact) mass is 433 g/mol. The van der Waals surface area contributed by atoms with Crippen LogP contribution in [0.1, 0.15) is 18.2 Å². The number of nitrogens with zero attached hydrogens (tertiary/aromatic N) is 1. The normalized spacial score (nSPS) is 20.7. The number of hydrogen-bond acceptors (Lipinski definition) is 5. The van der Waals surface area contributed by atoms with Crippen LogP contribution in [0.4, 0.5) is 17.6 Å². The van der Waals surface area contributed by atoms with Crippen LogP contribution in [0.3, 0.4) is 0 Å². The molecule has 156 valence electrons. The second-order valence-electron chi connectivity index (χ2n) is 6.91. The summed E-state index contributed by atoms with van der Waals surface area (Å²) < 4.78 is 59.8. The van der Waals surface area contributed by atoms with E-state index in [0.717, 1.165) is 18.2 Å². The molecule has 2 heterocycles.